The number of aromatic nitrogens is 3. The molecule has 10 nitrogen and oxygen atoms in total. The molecule has 1 aromatic carbocycles. The van der Waals surface area contributed by atoms with Gasteiger partial charge in [-0.05, 0) is 19.1 Å². The van der Waals surface area contributed by atoms with Gasteiger partial charge in [0, 0.05) is 17.3 Å². The summed E-state index contributed by atoms with van der Waals surface area (Å²) in [6.45, 7) is 1.20. The molecular formula is C16H13N5O5S2. The number of nitrogens with one attached hydrogen (secondary N) is 1. The number of carbonyl (C=O) groups excluding carboxylic acids is 1. The molecule has 0 fully saturated rings. The van der Waals surface area contributed by atoms with E-state index in [1.165, 1.54) is 12.1 Å². The summed E-state index contributed by atoms with van der Waals surface area (Å²) in [6.07, 6.45) is 0. The number of ether oxygens (including phenoxy) is 1. The van der Waals surface area contributed by atoms with Crippen molar-refractivity contribution >= 4 is 38.1 Å². The second-order valence-electron chi connectivity index (χ2n) is 5.85. The Morgan fingerprint density at radius 3 is 2.96 bits per heavy atom. The lowest BCUT2D eigenvalue weighted by Crippen LogP contribution is -2.23. The van der Waals surface area contributed by atoms with Crippen molar-refractivity contribution in [3.05, 3.63) is 57.0 Å². The molecule has 1 aliphatic heterocycles. The predicted molar refractivity (Wildman–Crippen MR) is 99.8 cm³/mol. The Morgan fingerprint density at radius 2 is 2.14 bits per heavy atom. The van der Waals surface area contributed by atoms with Gasteiger partial charge in [0.25, 0.3) is 15.6 Å². The van der Waals surface area contributed by atoms with Gasteiger partial charge in [-0.15, -0.1) is 0 Å². The van der Waals surface area contributed by atoms with Gasteiger partial charge in [0.15, 0.2) is 5.01 Å². The van der Waals surface area contributed by atoms with E-state index < -0.39 is 16.0 Å². The van der Waals surface area contributed by atoms with E-state index in [1.54, 1.807) is 25.1 Å². The summed E-state index contributed by atoms with van der Waals surface area (Å²) in [7, 11) is -3.66. The van der Waals surface area contributed by atoms with Gasteiger partial charge >= 0.3 is 5.97 Å². The Hall–Kier alpha value is -3.12. The van der Waals surface area contributed by atoms with Crippen LogP contribution in [-0.4, -0.2) is 41.4 Å². The molecule has 3 aromatic rings. The third kappa shape index (κ3) is 3.39. The van der Waals surface area contributed by atoms with Crippen molar-refractivity contribution in [2.45, 2.75) is 18.4 Å². The third-order valence-electron chi connectivity index (χ3n) is 3.80. The molecule has 1 N–H and O–H groups in total. The van der Waals surface area contributed by atoms with Gasteiger partial charge in [0.1, 0.15) is 19.0 Å². The zero-order valence-electron chi connectivity index (χ0n) is 14.4. The van der Waals surface area contributed by atoms with Crippen LogP contribution in [0, 0.1) is 6.92 Å². The molecule has 0 unspecified atom stereocenters. The molecule has 0 saturated heterocycles. The summed E-state index contributed by atoms with van der Waals surface area (Å²) in [5, 5.41) is 4.47. The maximum Gasteiger partial charge on any atom is 0.328 e. The molecule has 0 amide bonds. The lowest BCUT2D eigenvalue weighted by atomic mass is 10.2. The number of esters is 1. The Balaban J connectivity index is 1.44. The minimum Gasteiger partial charge on any atom is -0.457 e. The molecule has 0 aliphatic carbocycles. The Morgan fingerprint density at radius 1 is 1.36 bits per heavy atom. The number of nitrogens with zero attached hydrogens (tertiary/aromatic N) is 4. The number of rotatable bonds is 4. The minimum absolute atomic E-state index is 0.0961. The van der Waals surface area contributed by atoms with Crippen LogP contribution in [0.3, 0.4) is 0 Å². The van der Waals surface area contributed by atoms with Crippen LogP contribution in [0.2, 0.25) is 0 Å². The fourth-order valence-electron chi connectivity index (χ4n) is 2.60. The summed E-state index contributed by atoms with van der Waals surface area (Å²) in [4.78, 5) is 32.5. The molecule has 0 radical (unpaired) electrons. The maximum atomic E-state index is 12.0. The molecule has 4 rings (SSSR count). The van der Waals surface area contributed by atoms with E-state index in [0.29, 0.717) is 21.2 Å². The normalized spacial score (nSPS) is 16.1. The van der Waals surface area contributed by atoms with Crippen LogP contribution in [0.1, 0.15) is 16.3 Å². The number of fused-ring (bicyclic) bond motifs is 2. The van der Waals surface area contributed by atoms with Gasteiger partial charge in [-0.1, -0.05) is 23.5 Å². The van der Waals surface area contributed by atoms with Crippen LogP contribution >= 0.6 is 11.3 Å². The van der Waals surface area contributed by atoms with E-state index in [9.17, 15) is 18.0 Å². The molecule has 144 valence electrons. The molecule has 0 atom stereocenters. The third-order valence-corrected chi connectivity index (χ3v) is 6.08. The number of benzene rings is 1. The summed E-state index contributed by atoms with van der Waals surface area (Å²) >= 11 is 1.14. The second kappa shape index (κ2) is 6.80. The molecule has 12 heteroatoms. The minimum atomic E-state index is -3.66. The van der Waals surface area contributed by atoms with Crippen molar-refractivity contribution in [3.8, 4) is 0 Å². The van der Waals surface area contributed by atoms with Crippen molar-refractivity contribution < 1.29 is 17.9 Å². The Bertz CT molecular complexity index is 1290. The molecular weight excluding hydrogens is 406 g/mol. The van der Waals surface area contributed by atoms with Crippen molar-refractivity contribution in [1.82, 2.24) is 19.3 Å². The number of carbonyl (C=O) groups is 1. The first-order valence-electron chi connectivity index (χ1n) is 8.02. The molecule has 2 aromatic heterocycles. The predicted octanol–water partition coefficient (Wildman–Crippen LogP) is 0.241. The molecule has 3 heterocycles. The fourth-order valence-corrected chi connectivity index (χ4v) is 4.71. The lowest BCUT2D eigenvalue weighted by Gasteiger charge is -2.01. The van der Waals surface area contributed by atoms with Gasteiger partial charge in [0.2, 0.25) is 4.96 Å². The summed E-state index contributed by atoms with van der Waals surface area (Å²) < 4.78 is 32.6. The molecule has 0 spiro atoms. The highest BCUT2D eigenvalue weighted by Crippen LogP contribution is 2.22. The highest BCUT2D eigenvalue weighted by atomic mass is 32.2. The number of hydrogen-bond acceptors (Lipinski definition) is 9. The van der Waals surface area contributed by atoms with E-state index in [1.807, 2.05) is 0 Å². The first kappa shape index (κ1) is 18.3. The average Bonchev–Trinajstić information content (AvgIpc) is 3.17. The summed E-state index contributed by atoms with van der Waals surface area (Å²) in [6, 6.07) is 7.71. The highest BCUT2D eigenvalue weighted by molar-refractivity contribution is 7.90. The van der Waals surface area contributed by atoms with Gasteiger partial charge in [-0.25, -0.2) is 13.4 Å². The summed E-state index contributed by atoms with van der Waals surface area (Å²) in [5.74, 6) is -0.564. The molecule has 0 bridgehead atoms. The number of aryl methyl sites for hydroxylation is 1. The number of amidine groups is 1. The van der Waals surface area contributed by atoms with Gasteiger partial charge in [0.05, 0.1) is 4.90 Å². The largest absolute Gasteiger partial charge is 0.457 e. The first-order valence-corrected chi connectivity index (χ1v) is 10.3. The van der Waals surface area contributed by atoms with E-state index in [2.05, 4.69) is 19.8 Å². The average molecular weight is 419 g/mol. The van der Waals surface area contributed by atoms with Crippen molar-refractivity contribution in [3.63, 3.8) is 0 Å². The van der Waals surface area contributed by atoms with Crippen LogP contribution in [0.25, 0.3) is 4.96 Å². The summed E-state index contributed by atoms with van der Waals surface area (Å²) in [5.41, 5.74) is 0.671. The maximum absolute atomic E-state index is 12.0. The monoisotopic (exact) mass is 419 g/mol. The quantitative estimate of drug-likeness (QED) is 0.599. The number of sulfonamides is 1. The van der Waals surface area contributed by atoms with Crippen molar-refractivity contribution in [2.24, 2.45) is 4.99 Å². The smallest absolute Gasteiger partial charge is 0.328 e. The van der Waals surface area contributed by atoms with Crippen LogP contribution < -0.4 is 10.3 Å². The van der Waals surface area contributed by atoms with Crippen LogP contribution in [0.5, 0.6) is 0 Å². The first-order chi connectivity index (χ1) is 13.3. The highest BCUT2D eigenvalue weighted by Gasteiger charge is 2.30. The zero-order chi connectivity index (χ0) is 19.9. The SMILES string of the molecule is Cc1cc(=O)n2nc(COC(=O)CN=C3NS(=O)(=O)c4ccccc43)sc2n1. The molecule has 0 saturated carbocycles. The Labute approximate surface area is 162 Å². The lowest BCUT2D eigenvalue weighted by molar-refractivity contribution is -0.143. The van der Waals surface area contributed by atoms with Crippen molar-refractivity contribution in [2.75, 3.05) is 6.54 Å². The zero-order valence-corrected chi connectivity index (χ0v) is 16.1. The fraction of sp³-hybridized carbons (Fsp3) is 0.188. The van der Waals surface area contributed by atoms with Gasteiger partial charge < -0.3 is 4.74 Å². The van der Waals surface area contributed by atoms with Crippen LogP contribution in [0.4, 0.5) is 0 Å². The number of hydrogen-bond donors (Lipinski definition) is 1. The van der Waals surface area contributed by atoms with Gasteiger partial charge in [-0.3, -0.25) is 19.3 Å². The van der Waals surface area contributed by atoms with E-state index in [-0.39, 0.29) is 29.4 Å². The van der Waals surface area contributed by atoms with E-state index in [4.69, 9.17) is 4.74 Å². The van der Waals surface area contributed by atoms with Crippen molar-refractivity contribution in [1.29, 1.82) is 0 Å². The standard InChI is InChI=1S/C16H13N5O5S2/c1-9-6-13(22)21-16(18-9)27-12(19-21)8-26-14(23)7-17-15-10-4-2-3-5-11(10)28(24,25)20-15/h2-6H,7-8H2,1H3,(H,17,20). The number of aliphatic imine (C=N–C) groups is 1. The van der Waals surface area contributed by atoms with Crippen LogP contribution in [0.15, 0.2) is 45.0 Å². The topological polar surface area (TPSA) is 132 Å². The molecule has 1 aliphatic rings. The molecule has 28 heavy (non-hydrogen) atoms. The van der Waals surface area contributed by atoms with Crippen LogP contribution in [-0.2, 0) is 26.2 Å². The van der Waals surface area contributed by atoms with Gasteiger partial charge in [-0.2, -0.15) is 9.61 Å². The van der Waals surface area contributed by atoms with E-state index in [0.717, 1.165) is 15.9 Å². The Kier molecular flexibility index (Phi) is 4.43. The second-order valence-corrected chi connectivity index (χ2v) is 8.54. The van der Waals surface area contributed by atoms with E-state index >= 15 is 0 Å².